The van der Waals surface area contributed by atoms with Crippen LogP contribution in [0.5, 0.6) is 5.75 Å². The fourth-order valence-electron chi connectivity index (χ4n) is 3.91. The number of rotatable bonds is 12. The van der Waals surface area contributed by atoms with Crippen LogP contribution in [0.2, 0.25) is 0 Å². The minimum absolute atomic E-state index is 0.161. The molecule has 4 rings (SSSR count). The topological polar surface area (TPSA) is 102 Å². The summed E-state index contributed by atoms with van der Waals surface area (Å²) in [7, 11) is 0. The van der Waals surface area contributed by atoms with E-state index in [2.05, 4.69) is 44.0 Å². The van der Waals surface area contributed by atoms with Crippen LogP contribution in [-0.2, 0) is 6.42 Å². The van der Waals surface area contributed by atoms with E-state index in [1.165, 1.54) is 12.1 Å². The number of likely N-dealkylation sites (N-methyl/N-ethyl adjacent to an activating group) is 1. The normalized spacial score (nSPS) is 11.0. The lowest BCUT2D eigenvalue weighted by atomic mass is 10.1. The summed E-state index contributed by atoms with van der Waals surface area (Å²) in [5, 5.41) is 3.28. The molecule has 0 unspecified atom stereocenters. The maximum Gasteiger partial charge on any atom is 0.221 e. The third kappa shape index (κ3) is 7.20. The van der Waals surface area contributed by atoms with Crippen molar-refractivity contribution in [1.82, 2.24) is 24.8 Å². The van der Waals surface area contributed by atoms with Crippen molar-refractivity contribution < 1.29 is 9.13 Å². The van der Waals surface area contributed by atoms with Crippen LogP contribution in [0.4, 0.5) is 16.2 Å². The number of ether oxygens (including phenoxy) is 1. The monoisotopic (exact) mass is 501 g/mol. The summed E-state index contributed by atoms with van der Waals surface area (Å²) in [6, 6.07) is 14.3. The minimum atomic E-state index is -0.251. The molecule has 2 heterocycles. The fourth-order valence-corrected chi connectivity index (χ4v) is 3.91. The van der Waals surface area contributed by atoms with E-state index in [1.807, 2.05) is 30.3 Å². The van der Waals surface area contributed by atoms with Crippen molar-refractivity contribution >= 4 is 11.8 Å². The zero-order valence-corrected chi connectivity index (χ0v) is 21.2. The lowest BCUT2D eigenvalue weighted by Gasteiger charge is -2.18. The van der Waals surface area contributed by atoms with Crippen LogP contribution < -0.4 is 15.8 Å². The van der Waals surface area contributed by atoms with Gasteiger partial charge in [0, 0.05) is 48.4 Å². The molecule has 0 atom stereocenters. The third-order valence-corrected chi connectivity index (χ3v) is 6.05. The Labute approximate surface area is 216 Å². The Morgan fingerprint density at radius 2 is 1.70 bits per heavy atom. The quantitative estimate of drug-likeness (QED) is 0.288. The van der Waals surface area contributed by atoms with Crippen molar-refractivity contribution in [2.75, 3.05) is 43.8 Å². The van der Waals surface area contributed by atoms with Crippen LogP contribution in [0.3, 0.4) is 0 Å². The van der Waals surface area contributed by atoms with E-state index in [1.54, 1.807) is 24.7 Å². The van der Waals surface area contributed by atoms with Crippen LogP contribution in [-0.4, -0.2) is 57.6 Å². The standard InChI is InChI=1S/C28H32FN7O/c1-3-36(4-2)14-15-37-24-10-8-21(9-11-24)26-32-17-22(18-33-26)25-19-34-28(30)35-27(25)31-13-12-20-6-5-7-23(29)16-20/h5-11,16-19H,3-4,12-15H2,1-2H3,(H3,30,31,34,35). The molecule has 2 aromatic heterocycles. The first-order chi connectivity index (χ1) is 18.1. The van der Waals surface area contributed by atoms with Gasteiger partial charge < -0.3 is 20.7 Å². The maximum absolute atomic E-state index is 13.5. The summed E-state index contributed by atoms with van der Waals surface area (Å²) in [6.07, 6.45) is 5.76. The SMILES string of the molecule is CCN(CC)CCOc1ccc(-c2ncc(-c3cnc(N)nc3NCCc3cccc(F)c3)cn2)cc1. The van der Waals surface area contributed by atoms with Gasteiger partial charge in [0.15, 0.2) is 5.82 Å². The number of nitrogen functional groups attached to an aromatic ring is 1. The smallest absolute Gasteiger partial charge is 0.221 e. The molecule has 0 aliphatic carbocycles. The summed E-state index contributed by atoms with van der Waals surface area (Å²) in [5.41, 5.74) is 9.10. The Kier molecular flexibility index (Phi) is 8.93. The second-order valence-electron chi connectivity index (χ2n) is 8.49. The van der Waals surface area contributed by atoms with Crippen LogP contribution in [0.15, 0.2) is 67.1 Å². The van der Waals surface area contributed by atoms with Gasteiger partial charge in [0.1, 0.15) is 24.0 Å². The number of hydrogen-bond donors (Lipinski definition) is 2. The first-order valence-electron chi connectivity index (χ1n) is 12.4. The molecule has 0 aliphatic rings. The lowest BCUT2D eigenvalue weighted by molar-refractivity contribution is 0.223. The van der Waals surface area contributed by atoms with Gasteiger partial charge in [-0.3, -0.25) is 0 Å². The zero-order valence-electron chi connectivity index (χ0n) is 21.2. The van der Waals surface area contributed by atoms with Gasteiger partial charge >= 0.3 is 0 Å². The molecule has 2 aromatic carbocycles. The predicted octanol–water partition coefficient (Wildman–Crippen LogP) is 4.70. The van der Waals surface area contributed by atoms with Gasteiger partial charge in [0.05, 0.1) is 0 Å². The molecule has 0 fully saturated rings. The average Bonchev–Trinajstić information content (AvgIpc) is 2.92. The van der Waals surface area contributed by atoms with Crippen LogP contribution in [0.1, 0.15) is 19.4 Å². The predicted molar refractivity (Wildman–Crippen MR) is 145 cm³/mol. The Morgan fingerprint density at radius 1 is 0.946 bits per heavy atom. The summed E-state index contributed by atoms with van der Waals surface area (Å²) < 4.78 is 19.3. The molecule has 0 aliphatic heterocycles. The highest BCUT2D eigenvalue weighted by atomic mass is 19.1. The summed E-state index contributed by atoms with van der Waals surface area (Å²) in [5.74, 6) is 1.91. The molecule has 3 N–H and O–H groups in total. The molecule has 0 spiro atoms. The van der Waals surface area contributed by atoms with Gasteiger partial charge in [-0.25, -0.2) is 19.3 Å². The largest absolute Gasteiger partial charge is 0.492 e. The van der Waals surface area contributed by atoms with E-state index in [4.69, 9.17) is 10.5 Å². The van der Waals surface area contributed by atoms with Gasteiger partial charge in [-0.05, 0) is 61.5 Å². The average molecular weight is 502 g/mol. The highest BCUT2D eigenvalue weighted by Gasteiger charge is 2.11. The second-order valence-corrected chi connectivity index (χ2v) is 8.49. The molecular formula is C28H32FN7O. The minimum Gasteiger partial charge on any atom is -0.492 e. The fraction of sp³-hybridized carbons (Fsp3) is 0.286. The molecule has 8 nitrogen and oxygen atoms in total. The number of nitrogens with two attached hydrogens (primary N) is 1. The van der Waals surface area contributed by atoms with E-state index in [0.29, 0.717) is 31.2 Å². The van der Waals surface area contributed by atoms with E-state index in [-0.39, 0.29) is 11.8 Å². The maximum atomic E-state index is 13.5. The first-order valence-corrected chi connectivity index (χ1v) is 12.4. The van der Waals surface area contributed by atoms with Gasteiger partial charge in [0.25, 0.3) is 0 Å². The Hall–Kier alpha value is -4.11. The van der Waals surface area contributed by atoms with Gasteiger partial charge in [0.2, 0.25) is 5.95 Å². The van der Waals surface area contributed by atoms with Crippen molar-refractivity contribution in [3.8, 4) is 28.3 Å². The lowest BCUT2D eigenvalue weighted by Crippen LogP contribution is -2.27. The number of aromatic nitrogens is 4. The first kappa shape index (κ1) is 26.0. The molecule has 9 heteroatoms. The highest BCUT2D eigenvalue weighted by Crippen LogP contribution is 2.27. The molecule has 0 amide bonds. The molecule has 0 bridgehead atoms. The number of anilines is 2. The number of benzene rings is 2. The van der Waals surface area contributed by atoms with Crippen molar-refractivity contribution in [3.63, 3.8) is 0 Å². The Balaban J connectivity index is 1.40. The third-order valence-electron chi connectivity index (χ3n) is 6.05. The van der Waals surface area contributed by atoms with Crippen molar-refractivity contribution in [3.05, 3.63) is 78.5 Å². The molecule has 4 aromatic rings. The van der Waals surface area contributed by atoms with Crippen LogP contribution in [0.25, 0.3) is 22.5 Å². The molecule has 37 heavy (non-hydrogen) atoms. The van der Waals surface area contributed by atoms with Gasteiger partial charge in [-0.15, -0.1) is 0 Å². The highest BCUT2D eigenvalue weighted by molar-refractivity contribution is 5.74. The summed E-state index contributed by atoms with van der Waals surface area (Å²) in [4.78, 5) is 19.9. The van der Waals surface area contributed by atoms with Crippen LogP contribution >= 0.6 is 0 Å². The molecule has 0 saturated heterocycles. The van der Waals surface area contributed by atoms with E-state index >= 15 is 0 Å². The molecule has 0 radical (unpaired) electrons. The van der Waals surface area contributed by atoms with Crippen molar-refractivity contribution in [2.24, 2.45) is 0 Å². The number of nitrogens with one attached hydrogen (secondary N) is 1. The zero-order chi connectivity index (χ0) is 26.0. The van der Waals surface area contributed by atoms with Gasteiger partial charge in [-0.2, -0.15) is 4.98 Å². The van der Waals surface area contributed by atoms with Crippen molar-refractivity contribution in [2.45, 2.75) is 20.3 Å². The second kappa shape index (κ2) is 12.7. The number of hydrogen-bond acceptors (Lipinski definition) is 8. The van der Waals surface area contributed by atoms with E-state index in [0.717, 1.165) is 47.6 Å². The summed E-state index contributed by atoms with van der Waals surface area (Å²) >= 11 is 0. The molecular weight excluding hydrogens is 469 g/mol. The summed E-state index contributed by atoms with van der Waals surface area (Å²) in [6.45, 7) is 8.43. The number of halogens is 1. The number of nitrogens with zero attached hydrogens (tertiary/aromatic N) is 5. The molecule has 0 saturated carbocycles. The van der Waals surface area contributed by atoms with E-state index < -0.39 is 0 Å². The van der Waals surface area contributed by atoms with Crippen molar-refractivity contribution in [1.29, 1.82) is 0 Å². The van der Waals surface area contributed by atoms with E-state index in [9.17, 15) is 4.39 Å². The molecule has 192 valence electrons. The Bertz CT molecular complexity index is 1280. The van der Waals surface area contributed by atoms with Crippen LogP contribution in [0, 0.1) is 5.82 Å². The Morgan fingerprint density at radius 3 is 2.41 bits per heavy atom. The van der Waals surface area contributed by atoms with Gasteiger partial charge in [-0.1, -0.05) is 26.0 Å².